The molecule has 144 valence electrons. The maximum atomic E-state index is 12.9. The fourth-order valence-electron chi connectivity index (χ4n) is 3.72. The number of nitrogens with zero attached hydrogens (tertiary/aromatic N) is 5. The summed E-state index contributed by atoms with van der Waals surface area (Å²) in [6, 6.07) is 3.40. The molecule has 2 aliphatic rings. The van der Waals surface area contributed by atoms with Crippen LogP contribution in [0.25, 0.3) is 0 Å². The number of morpholine rings is 1. The highest BCUT2D eigenvalue weighted by atomic mass is 16.5. The molecule has 9 heteroatoms. The molecule has 0 spiro atoms. The van der Waals surface area contributed by atoms with Crippen molar-refractivity contribution < 1.29 is 14.3 Å². The number of hydrogen-bond donors (Lipinski definition) is 1. The zero-order valence-corrected chi connectivity index (χ0v) is 15.4. The van der Waals surface area contributed by atoms with Crippen molar-refractivity contribution in [2.24, 2.45) is 7.05 Å². The molecule has 0 unspecified atom stereocenters. The van der Waals surface area contributed by atoms with Crippen molar-refractivity contribution in [3.8, 4) is 0 Å². The molecule has 0 bridgehead atoms. The molecule has 1 atom stereocenters. The van der Waals surface area contributed by atoms with Gasteiger partial charge in [-0.05, 0) is 31.4 Å². The van der Waals surface area contributed by atoms with Gasteiger partial charge in [-0.2, -0.15) is 10.2 Å². The van der Waals surface area contributed by atoms with E-state index in [0.29, 0.717) is 44.2 Å². The molecule has 2 aromatic heterocycles. The van der Waals surface area contributed by atoms with E-state index in [-0.39, 0.29) is 17.9 Å². The number of aromatic nitrogens is 4. The molecule has 4 rings (SSSR count). The summed E-state index contributed by atoms with van der Waals surface area (Å²) >= 11 is 0. The summed E-state index contributed by atoms with van der Waals surface area (Å²) in [6.45, 7) is 2.94. The predicted molar refractivity (Wildman–Crippen MR) is 96.1 cm³/mol. The van der Waals surface area contributed by atoms with E-state index >= 15 is 0 Å². The first-order chi connectivity index (χ1) is 13.1. The van der Waals surface area contributed by atoms with Gasteiger partial charge in [0.2, 0.25) is 0 Å². The maximum absolute atomic E-state index is 12.9. The van der Waals surface area contributed by atoms with Crippen molar-refractivity contribution in [2.45, 2.75) is 25.3 Å². The molecule has 2 aliphatic heterocycles. The lowest BCUT2D eigenvalue weighted by atomic mass is 9.98. The van der Waals surface area contributed by atoms with Gasteiger partial charge < -0.3 is 14.5 Å². The van der Waals surface area contributed by atoms with Gasteiger partial charge in [0.05, 0.1) is 24.9 Å². The Morgan fingerprint density at radius 1 is 1.15 bits per heavy atom. The minimum Gasteiger partial charge on any atom is -0.378 e. The quantitative estimate of drug-likeness (QED) is 0.866. The summed E-state index contributed by atoms with van der Waals surface area (Å²) in [4.78, 5) is 29.1. The van der Waals surface area contributed by atoms with Crippen LogP contribution in [0.5, 0.6) is 0 Å². The van der Waals surface area contributed by atoms with Crippen molar-refractivity contribution in [2.75, 3.05) is 32.8 Å². The van der Waals surface area contributed by atoms with Crippen molar-refractivity contribution in [1.29, 1.82) is 0 Å². The van der Waals surface area contributed by atoms with Gasteiger partial charge in [0.25, 0.3) is 11.8 Å². The second kappa shape index (κ2) is 7.51. The van der Waals surface area contributed by atoms with E-state index in [2.05, 4.69) is 15.3 Å². The molecule has 4 heterocycles. The van der Waals surface area contributed by atoms with E-state index in [1.165, 1.54) is 0 Å². The Bertz CT molecular complexity index is 823. The fourth-order valence-corrected chi connectivity index (χ4v) is 3.72. The van der Waals surface area contributed by atoms with E-state index in [4.69, 9.17) is 4.74 Å². The minimum absolute atomic E-state index is 0.0871. The molecule has 0 aromatic carbocycles. The first kappa shape index (κ1) is 17.7. The van der Waals surface area contributed by atoms with Gasteiger partial charge in [-0.25, -0.2) is 0 Å². The molecule has 2 fully saturated rings. The predicted octanol–water partition coefficient (Wildman–Crippen LogP) is 0.983. The van der Waals surface area contributed by atoms with E-state index in [1.807, 2.05) is 4.90 Å². The minimum atomic E-state index is -0.119. The van der Waals surface area contributed by atoms with Gasteiger partial charge in [0.15, 0.2) is 0 Å². The molecule has 27 heavy (non-hydrogen) atoms. The Kier molecular flexibility index (Phi) is 4.93. The number of H-pyrrole nitrogens is 1. The van der Waals surface area contributed by atoms with Gasteiger partial charge in [0, 0.05) is 32.9 Å². The lowest BCUT2D eigenvalue weighted by Crippen LogP contribution is -2.40. The third kappa shape index (κ3) is 3.59. The van der Waals surface area contributed by atoms with E-state index in [1.54, 1.807) is 35.0 Å². The molecule has 1 N–H and O–H groups in total. The third-order valence-electron chi connectivity index (χ3n) is 5.17. The van der Waals surface area contributed by atoms with Gasteiger partial charge >= 0.3 is 0 Å². The van der Waals surface area contributed by atoms with Gasteiger partial charge in [-0.15, -0.1) is 0 Å². The van der Waals surface area contributed by atoms with Crippen molar-refractivity contribution in [3.05, 3.63) is 35.4 Å². The number of aromatic amines is 1. The van der Waals surface area contributed by atoms with Crippen LogP contribution in [0.4, 0.5) is 0 Å². The molecule has 2 amide bonds. The van der Waals surface area contributed by atoms with Crippen LogP contribution < -0.4 is 0 Å². The Morgan fingerprint density at radius 3 is 2.70 bits per heavy atom. The lowest BCUT2D eigenvalue weighted by Gasteiger charge is -2.34. The first-order valence-electron chi connectivity index (χ1n) is 9.36. The highest BCUT2D eigenvalue weighted by Gasteiger charge is 2.32. The van der Waals surface area contributed by atoms with Crippen LogP contribution in [-0.2, 0) is 11.8 Å². The number of aryl methyl sites for hydroxylation is 1. The van der Waals surface area contributed by atoms with E-state index in [9.17, 15) is 9.59 Å². The number of nitrogens with one attached hydrogen (secondary N) is 1. The van der Waals surface area contributed by atoms with Crippen molar-refractivity contribution in [1.82, 2.24) is 29.8 Å². The third-order valence-corrected chi connectivity index (χ3v) is 5.17. The number of hydrogen-bond acceptors (Lipinski definition) is 5. The molecule has 0 radical (unpaired) electrons. The van der Waals surface area contributed by atoms with Gasteiger partial charge in [-0.1, -0.05) is 0 Å². The van der Waals surface area contributed by atoms with E-state index in [0.717, 1.165) is 25.0 Å². The zero-order chi connectivity index (χ0) is 18.8. The van der Waals surface area contributed by atoms with E-state index < -0.39 is 0 Å². The Labute approximate surface area is 157 Å². The Balaban J connectivity index is 1.53. The maximum Gasteiger partial charge on any atom is 0.274 e. The fraction of sp³-hybridized carbons (Fsp3) is 0.556. The number of amides is 2. The second-order valence-corrected chi connectivity index (χ2v) is 7.00. The average Bonchev–Trinajstić information content (AvgIpc) is 3.37. The van der Waals surface area contributed by atoms with Crippen LogP contribution in [0.1, 0.15) is 52.0 Å². The highest BCUT2D eigenvalue weighted by Crippen LogP contribution is 2.31. The summed E-state index contributed by atoms with van der Waals surface area (Å²) in [6.07, 6.45) is 4.60. The number of carbonyl (C=O) groups is 2. The normalized spacial score (nSPS) is 20.7. The lowest BCUT2D eigenvalue weighted by molar-refractivity contribution is 0.0299. The summed E-state index contributed by atoms with van der Waals surface area (Å²) < 4.78 is 6.92. The van der Waals surface area contributed by atoms with Crippen LogP contribution in [0.2, 0.25) is 0 Å². The summed E-state index contributed by atoms with van der Waals surface area (Å²) in [5, 5.41) is 11.4. The molecule has 0 saturated carbocycles. The smallest absolute Gasteiger partial charge is 0.274 e. The van der Waals surface area contributed by atoms with Crippen molar-refractivity contribution >= 4 is 11.8 Å². The standard InChI is InChI=1S/C18H24N6O3/c1-22-7-5-13(21-22)18(26)24-6-3-2-4-16(24)14-12-15(20-19-14)17(25)23-8-10-27-11-9-23/h5,7,12,16H,2-4,6,8-11H2,1H3,(H,19,20)/t16-/m0/s1. The summed E-state index contributed by atoms with van der Waals surface area (Å²) in [5.74, 6) is -0.185. The molecule has 0 aliphatic carbocycles. The number of rotatable bonds is 3. The summed E-state index contributed by atoms with van der Waals surface area (Å²) in [5.41, 5.74) is 1.63. The molecule has 9 nitrogen and oxygen atoms in total. The van der Waals surface area contributed by atoms with Crippen LogP contribution in [-0.4, -0.2) is 74.4 Å². The second-order valence-electron chi connectivity index (χ2n) is 7.00. The van der Waals surface area contributed by atoms with Crippen LogP contribution in [0, 0.1) is 0 Å². The van der Waals surface area contributed by atoms with Crippen LogP contribution >= 0.6 is 0 Å². The molecule has 2 saturated heterocycles. The topological polar surface area (TPSA) is 96.4 Å². The Morgan fingerprint density at radius 2 is 1.96 bits per heavy atom. The Hall–Kier alpha value is -2.68. The van der Waals surface area contributed by atoms with Gasteiger partial charge in [0.1, 0.15) is 11.4 Å². The first-order valence-corrected chi connectivity index (χ1v) is 9.36. The van der Waals surface area contributed by atoms with Crippen LogP contribution in [0.3, 0.4) is 0 Å². The summed E-state index contributed by atoms with van der Waals surface area (Å²) in [7, 11) is 1.79. The SMILES string of the molecule is Cn1ccc(C(=O)N2CCCC[C@H]2c2cc(C(=O)N3CCOCC3)n[nH]2)n1. The average molecular weight is 372 g/mol. The molecular weight excluding hydrogens is 348 g/mol. The highest BCUT2D eigenvalue weighted by molar-refractivity contribution is 5.93. The monoisotopic (exact) mass is 372 g/mol. The van der Waals surface area contributed by atoms with Gasteiger partial charge in [-0.3, -0.25) is 19.4 Å². The molecular formula is C18H24N6O3. The van der Waals surface area contributed by atoms with Crippen LogP contribution in [0.15, 0.2) is 18.3 Å². The number of carbonyl (C=O) groups excluding carboxylic acids is 2. The number of likely N-dealkylation sites (tertiary alicyclic amines) is 1. The largest absolute Gasteiger partial charge is 0.378 e. The molecule has 2 aromatic rings. The number of ether oxygens (including phenoxy) is 1. The van der Waals surface area contributed by atoms with Crippen molar-refractivity contribution in [3.63, 3.8) is 0 Å². The number of piperidine rings is 1. The zero-order valence-electron chi connectivity index (χ0n) is 15.4.